The molecule has 5 aromatic heterocycles. The van der Waals surface area contributed by atoms with Gasteiger partial charge in [-0.05, 0) is 198 Å². The van der Waals surface area contributed by atoms with Crippen LogP contribution >= 0.6 is 0 Å². The Balaban J connectivity index is 0.578. The van der Waals surface area contributed by atoms with Crippen molar-refractivity contribution < 1.29 is 0 Å². The van der Waals surface area contributed by atoms with Crippen LogP contribution in [0.3, 0.4) is 0 Å². The van der Waals surface area contributed by atoms with E-state index < -0.39 is 10.8 Å². The van der Waals surface area contributed by atoms with E-state index in [1.54, 1.807) is 0 Å². The van der Waals surface area contributed by atoms with Gasteiger partial charge in [-0.15, -0.1) is 0 Å². The third kappa shape index (κ3) is 9.83. The number of hydrogen-bond donors (Lipinski definition) is 0. The molecule has 18 aromatic carbocycles. The molecule has 120 heavy (non-hydrogen) atoms. The number of hydrogen-bond acceptors (Lipinski definition) is 3. The Kier molecular flexibility index (Phi) is 14.8. The van der Waals surface area contributed by atoms with Crippen molar-refractivity contribution >= 4 is 87.2 Å². The summed E-state index contributed by atoms with van der Waals surface area (Å²) in [4.78, 5) is 16.3. The molecule has 0 N–H and O–H groups in total. The number of rotatable bonds is 12. The molecule has 0 fully saturated rings. The van der Waals surface area contributed by atoms with Crippen LogP contribution in [0.5, 0.6) is 0 Å². The molecule has 0 bridgehead atoms. The molecular weight excluding hydrogens is 1460 g/mol. The Morgan fingerprint density at radius 3 is 0.850 bits per heavy atom. The monoisotopic (exact) mass is 1530 g/mol. The summed E-state index contributed by atoms with van der Waals surface area (Å²) in [7, 11) is 0. The zero-order valence-corrected chi connectivity index (χ0v) is 65.1. The Morgan fingerprint density at radius 1 is 0.167 bits per heavy atom. The number of para-hydroxylation sites is 4. The summed E-state index contributed by atoms with van der Waals surface area (Å²) in [5.74, 6) is 1.69. The summed E-state index contributed by atoms with van der Waals surface area (Å²) < 4.78 is 9.56. The summed E-state index contributed by atoms with van der Waals surface area (Å²) in [5, 5.41) is 9.34. The maximum atomic E-state index is 5.54. The van der Waals surface area contributed by atoms with E-state index in [2.05, 4.69) is 431 Å². The molecule has 2 aliphatic rings. The maximum Gasteiger partial charge on any atom is 0.238 e. The first-order chi connectivity index (χ1) is 59.5. The van der Waals surface area contributed by atoms with Gasteiger partial charge in [0.1, 0.15) is 0 Å². The summed E-state index contributed by atoms with van der Waals surface area (Å²) in [6.07, 6.45) is 0. The van der Waals surface area contributed by atoms with Gasteiger partial charge >= 0.3 is 0 Å². The molecule has 0 aliphatic heterocycles. The molecular formula is C113H71N7. The topological polar surface area (TPSA) is 58.4 Å². The fraction of sp³-hybridized carbons (Fsp3) is 0.0177. The van der Waals surface area contributed by atoms with E-state index >= 15 is 0 Å². The number of nitrogens with zero attached hydrogens (tertiary/aromatic N) is 7. The predicted octanol–water partition coefficient (Wildman–Crippen LogP) is 27.7. The van der Waals surface area contributed by atoms with Crippen molar-refractivity contribution in [3.8, 4) is 90.3 Å². The van der Waals surface area contributed by atoms with Crippen LogP contribution in [0.4, 0.5) is 0 Å². The van der Waals surface area contributed by atoms with Gasteiger partial charge < -0.3 is 13.7 Å². The van der Waals surface area contributed by atoms with E-state index in [1.165, 1.54) is 99.1 Å². The molecule has 25 rings (SSSR count). The molecule has 23 aromatic rings. The highest BCUT2D eigenvalue weighted by Gasteiger charge is 2.48. The highest BCUT2D eigenvalue weighted by Crippen LogP contribution is 2.59. The minimum Gasteiger partial charge on any atom is -0.309 e. The molecule has 5 heterocycles. The van der Waals surface area contributed by atoms with Crippen LogP contribution in [-0.2, 0) is 10.8 Å². The zero-order valence-electron chi connectivity index (χ0n) is 65.1. The van der Waals surface area contributed by atoms with E-state index in [0.717, 1.165) is 105 Å². The van der Waals surface area contributed by atoms with E-state index in [-0.39, 0.29) is 0 Å². The van der Waals surface area contributed by atoms with Gasteiger partial charge in [-0.2, -0.15) is 9.97 Å². The third-order valence-corrected chi connectivity index (χ3v) is 26.0. The van der Waals surface area contributed by atoms with Crippen molar-refractivity contribution in [1.29, 1.82) is 0 Å². The molecule has 0 saturated heterocycles. The van der Waals surface area contributed by atoms with Gasteiger partial charge in [0.2, 0.25) is 5.95 Å². The maximum absolute atomic E-state index is 5.54. The SMILES string of the molecule is c1ccc(-c2nc(-c3cccc(-n4c5ccccc5c5cc(-c6ccc7c(c6)c6ccccc6n7-c6ccc7c(c6)C(c6ccccc6)(c6ccccc6)c6ccccc6-7)ccc54)c3)nc(-n3c4ccccc4c4cc(-c5ccc6c(c5)c5ccccc5n6-c5ccc6c(c5)C(c5ccccc5)(c5ccccc5)c5ccccc5-6)ccc43)n2)cc1. The summed E-state index contributed by atoms with van der Waals surface area (Å²) in [5.41, 5.74) is 32.6. The summed E-state index contributed by atoms with van der Waals surface area (Å²) in [6.45, 7) is 0. The quantitative estimate of drug-likeness (QED) is 0.122. The molecule has 0 spiro atoms. The standard InChI is InChI=1S/C113H71N7/c1-6-29-72(30-7-1)109-114-110(116-111(115-109)120-104-52-27-21-46-92(104)96-69-76(56-64-108(96)120)75-55-63-107-95(68-75)91-45-20-26-51-103(91)119(107)84-58-60-88-86-42-17-23-48-98(86)113(100(88)71-84,80-36-12-4-13-37-80)81-38-14-5-15-39-81)77-31-28-40-82(65-77)117-101-49-24-18-43-89(101)93-66-73(53-61-105(93)117)74-54-62-106-94(67-74)90-44-19-25-50-102(90)118(106)83-57-59-87-85-41-16-22-47-97(85)112(99(87)70-83,78-32-8-2-9-33-78)79-34-10-3-11-35-79/h1-71H. The van der Waals surface area contributed by atoms with Gasteiger partial charge in [0.05, 0.1) is 55.0 Å². The lowest BCUT2D eigenvalue weighted by Crippen LogP contribution is -2.28. The molecule has 2 aliphatic carbocycles. The molecule has 0 amide bonds. The van der Waals surface area contributed by atoms with Crippen LogP contribution in [0, 0.1) is 0 Å². The van der Waals surface area contributed by atoms with Crippen molar-refractivity contribution in [3.63, 3.8) is 0 Å². The second-order valence-corrected chi connectivity index (χ2v) is 32.1. The van der Waals surface area contributed by atoms with E-state index in [9.17, 15) is 0 Å². The zero-order chi connectivity index (χ0) is 78.7. The van der Waals surface area contributed by atoms with Gasteiger partial charge in [-0.1, -0.05) is 322 Å². The minimum atomic E-state index is -0.526. The van der Waals surface area contributed by atoms with E-state index in [4.69, 9.17) is 15.0 Å². The average Bonchev–Trinajstić information content (AvgIpc) is 1.54. The lowest BCUT2D eigenvalue weighted by atomic mass is 9.67. The largest absolute Gasteiger partial charge is 0.309 e. The van der Waals surface area contributed by atoms with Crippen molar-refractivity contribution in [2.24, 2.45) is 0 Å². The first-order valence-electron chi connectivity index (χ1n) is 41.3. The van der Waals surface area contributed by atoms with Gasteiger partial charge in [0.25, 0.3) is 0 Å². The fourth-order valence-corrected chi connectivity index (χ4v) is 20.9. The lowest BCUT2D eigenvalue weighted by Gasteiger charge is -2.34. The van der Waals surface area contributed by atoms with E-state index in [0.29, 0.717) is 17.6 Å². The normalized spacial score (nSPS) is 13.1. The van der Waals surface area contributed by atoms with Crippen LogP contribution < -0.4 is 0 Å². The van der Waals surface area contributed by atoms with Gasteiger partial charge in [0, 0.05) is 71.3 Å². The van der Waals surface area contributed by atoms with Crippen molar-refractivity contribution in [2.45, 2.75) is 10.8 Å². The van der Waals surface area contributed by atoms with Crippen molar-refractivity contribution in [1.82, 2.24) is 33.2 Å². The fourth-order valence-electron chi connectivity index (χ4n) is 20.9. The molecule has 7 nitrogen and oxygen atoms in total. The van der Waals surface area contributed by atoms with Crippen LogP contribution in [0.2, 0.25) is 0 Å². The van der Waals surface area contributed by atoms with Gasteiger partial charge in [0.15, 0.2) is 11.6 Å². The van der Waals surface area contributed by atoms with Gasteiger partial charge in [-0.3, -0.25) is 4.57 Å². The average molecular weight is 1530 g/mol. The Morgan fingerprint density at radius 2 is 0.458 bits per heavy atom. The van der Waals surface area contributed by atoms with Crippen LogP contribution in [0.1, 0.15) is 44.5 Å². The number of benzene rings is 18. The summed E-state index contributed by atoms with van der Waals surface area (Å²) >= 11 is 0. The third-order valence-electron chi connectivity index (χ3n) is 26.0. The smallest absolute Gasteiger partial charge is 0.238 e. The lowest BCUT2D eigenvalue weighted by molar-refractivity contribution is 0.767. The molecule has 0 atom stereocenters. The van der Waals surface area contributed by atoms with Gasteiger partial charge in [-0.25, -0.2) is 4.98 Å². The first-order valence-corrected chi connectivity index (χ1v) is 41.3. The molecule has 0 unspecified atom stereocenters. The predicted molar refractivity (Wildman–Crippen MR) is 494 cm³/mol. The number of fused-ring (bicyclic) bond motifs is 18. The van der Waals surface area contributed by atoms with Crippen LogP contribution in [0.25, 0.3) is 178 Å². The van der Waals surface area contributed by atoms with Crippen molar-refractivity contribution in [2.75, 3.05) is 0 Å². The second-order valence-electron chi connectivity index (χ2n) is 32.1. The molecule has 558 valence electrons. The Hall–Kier alpha value is -15.8. The summed E-state index contributed by atoms with van der Waals surface area (Å²) in [6, 6.07) is 159. The second kappa shape index (κ2) is 26.3. The number of aromatic nitrogens is 7. The molecule has 7 heteroatoms. The minimum absolute atomic E-state index is 0.521. The van der Waals surface area contributed by atoms with E-state index in [1.807, 2.05) is 18.2 Å². The van der Waals surface area contributed by atoms with Crippen LogP contribution in [-0.4, -0.2) is 33.2 Å². The first kappa shape index (κ1) is 67.5. The molecule has 0 radical (unpaired) electrons. The highest BCUT2D eigenvalue weighted by molar-refractivity contribution is 6.15. The Labute approximate surface area is 692 Å². The van der Waals surface area contributed by atoms with Crippen molar-refractivity contribution in [3.05, 3.63) is 475 Å². The van der Waals surface area contributed by atoms with Crippen LogP contribution in [0.15, 0.2) is 431 Å². The molecule has 0 saturated carbocycles. The highest BCUT2D eigenvalue weighted by atomic mass is 15.2. The Bertz CT molecular complexity index is 8070.